The predicted octanol–water partition coefficient (Wildman–Crippen LogP) is 1.80. The number of hydrogen-bond acceptors (Lipinski definition) is 7. The maximum atomic E-state index is 12.5. The summed E-state index contributed by atoms with van der Waals surface area (Å²) in [4.78, 5) is 63.1. The fraction of sp³-hybridized carbons (Fsp3) is 0.174. The predicted molar refractivity (Wildman–Crippen MR) is 117 cm³/mol. The molecule has 0 atom stereocenters. The zero-order valence-corrected chi connectivity index (χ0v) is 17.3. The van der Waals surface area contributed by atoms with Crippen molar-refractivity contribution in [2.24, 2.45) is 0 Å². The molecule has 9 nitrogen and oxygen atoms in total. The van der Waals surface area contributed by atoms with Gasteiger partial charge in [0.2, 0.25) is 5.78 Å². The van der Waals surface area contributed by atoms with E-state index in [2.05, 4.69) is 0 Å². The zero-order chi connectivity index (χ0) is 23.3. The van der Waals surface area contributed by atoms with E-state index in [-0.39, 0.29) is 23.7 Å². The Bertz CT molecular complexity index is 1270. The topological polar surface area (TPSA) is 141 Å². The van der Waals surface area contributed by atoms with Gasteiger partial charge >= 0.3 is 11.7 Å². The number of hydrogen-bond donors (Lipinski definition) is 2. The number of benzene rings is 2. The number of nitrogen functional groups attached to an aromatic ring is 1. The summed E-state index contributed by atoms with van der Waals surface area (Å²) >= 11 is 0. The molecule has 0 aliphatic heterocycles. The highest BCUT2D eigenvalue weighted by atomic mass is 16.5. The molecule has 1 heterocycles. The quantitative estimate of drug-likeness (QED) is 0.406. The van der Waals surface area contributed by atoms with Gasteiger partial charge in [-0.1, -0.05) is 49.4 Å². The molecular weight excluding hydrogens is 414 g/mol. The van der Waals surface area contributed by atoms with Gasteiger partial charge in [-0.05, 0) is 18.6 Å². The lowest BCUT2D eigenvalue weighted by Gasteiger charge is -2.11. The Morgan fingerprint density at radius 1 is 0.938 bits per heavy atom. The summed E-state index contributed by atoms with van der Waals surface area (Å²) in [6.45, 7) is 1.29. The largest absolute Gasteiger partial charge is 0.454 e. The molecule has 1 aromatic heterocycles. The van der Waals surface area contributed by atoms with E-state index in [0.29, 0.717) is 17.5 Å². The molecule has 0 aliphatic rings. The van der Waals surface area contributed by atoms with Crippen LogP contribution in [0.25, 0.3) is 0 Å². The van der Waals surface area contributed by atoms with Crippen molar-refractivity contribution in [1.82, 2.24) is 9.55 Å². The summed E-state index contributed by atoms with van der Waals surface area (Å²) in [7, 11) is 0. The third-order valence-corrected chi connectivity index (χ3v) is 4.72. The number of rotatable bonds is 8. The first-order chi connectivity index (χ1) is 15.3. The van der Waals surface area contributed by atoms with Crippen molar-refractivity contribution in [3.05, 3.63) is 97.7 Å². The second-order valence-electron chi connectivity index (χ2n) is 6.94. The van der Waals surface area contributed by atoms with E-state index in [0.717, 1.165) is 4.57 Å². The fourth-order valence-corrected chi connectivity index (χ4v) is 3.10. The van der Waals surface area contributed by atoms with Crippen LogP contribution in [0, 0.1) is 0 Å². The molecule has 0 amide bonds. The summed E-state index contributed by atoms with van der Waals surface area (Å²) in [5, 5.41) is 0. The summed E-state index contributed by atoms with van der Waals surface area (Å²) in [6, 6.07) is 14.5. The van der Waals surface area contributed by atoms with Crippen LogP contribution in [-0.4, -0.2) is 33.7 Å². The highest BCUT2D eigenvalue weighted by molar-refractivity contribution is 6.09. The molecule has 0 aliphatic carbocycles. The van der Waals surface area contributed by atoms with Crippen LogP contribution in [0.5, 0.6) is 0 Å². The maximum Gasteiger partial charge on any atom is 0.338 e. The Kier molecular flexibility index (Phi) is 6.79. The maximum absolute atomic E-state index is 12.5. The van der Waals surface area contributed by atoms with Crippen LogP contribution in [0.1, 0.15) is 50.0 Å². The smallest absolute Gasteiger partial charge is 0.338 e. The number of esters is 1. The van der Waals surface area contributed by atoms with Crippen molar-refractivity contribution in [2.45, 2.75) is 19.9 Å². The number of H-pyrrole nitrogens is 1. The van der Waals surface area contributed by atoms with Gasteiger partial charge < -0.3 is 10.5 Å². The lowest BCUT2D eigenvalue weighted by molar-refractivity contribution is 0.0474. The molecule has 9 heteroatoms. The van der Waals surface area contributed by atoms with Gasteiger partial charge in [0, 0.05) is 17.7 Å². The van der Waals surface area contributed by atoms with E-state index in [1.165, 1.54) is 24.3 Å². The lowest BCUT2D eigenvalue weighted by Crippen LogP contribution is -2.37. The average molecular weight is 435 g/mol. The lowest BCUT2D eigenvalue weighted by atomic mass is 10.0. The molecule has 0 unspecified atom stereocenters. The third-order valence-electron chi connectivity index (χ3n) is 4.72. The number of aromatic amines is 1. The number of ether oxygens (including phenoxy) is 1. The highest BCUT2D eigenvalue weighted by Crippen LogP contribution is 2.12. The standard InChI is InChI=1S/C23H21N3O6/c1-2-12-26-20(24)18(21(29)25-23(26)31)17(27)13-32-22(30)16-10-8-15(9-11-16)19(28)14-6-4-3-5-7-14/h3-11H,2,12-13,24H2,1H3,(H,25,29,31). The van der Waals surface area contributed by atoms with Crippen molar-refractivity contribution >= 4 is 23.4 Å². The highest BCUT2D eigenvalue weighted by Gasteiger charge is 2.21. The van der Waals surface area contributed by atoms with E-state index in [1.807, 2.05) is 4.98 Å². The number of carbonyl (C=O) groups excluding carboxylic acids is 3. The molecule has 0 radical (unpaired) electrons. The molecule has 2 aromatic carbocycles. The second kappa shape index (κ2) is 9.69. The minimum Gasteiger partial charge on any atom is -0.454 e. The Labute approximate surface area is 182 Å². The van der Waals surface area contributed by atoms with Crippen LogP contribution in [0.15, 0.2) is 64.2 Å². The summed E-state index contributed by atoms with van der Waals surface area (Å²) < 4.78 is 6.08. The molecule has 0 fully saturated rings. The molecule has 0 saturated carbocycles. The minimum absolute atomic E-state index is 0.125. The summed E-state index contributed by atoms with van der Waals surface area (Å²) in [5.41, 5.74) is 4.77. The molecule has 0 spiro atoms. The zero-order valence-electron chi connectivity index (χ0n) is 17.3. The number of nitrogens with two attached hydrogens (primary N) is 1. The number of aromatic nitrogens is 2. The number of nitrogens with one attached hydrogen (secondary N) is 1. The Morgan fingerprint density at radius 3 is 2.16 bits per heavy atom. The SMILES string of the molecule is CCCn1c(N)c(C(=O)COC(=O)c2ccc(C(=O)c3ccccc3)cc2)c(=O)[nH]c1=O. The Morgan fingerprint density at radius 2 is 1.53 bits per heavy atom. The van der Waals surface area contributed by atoms with Gasteiger partial charge in [0.1, 0.15) is 11.4 Å². The first kappa shape index (κ1) is 22.4. The van der Waals surface area contributed by atoms with Crippen LogP contribution < -0.4 is 17.0 Å². The van der Waals surface area contributed by atoms with Gasteiger partial charge in [-0.25, -0.2) is 9.59 Å². The van der Waals surface area contributed by atoms with Crippen molar-refractivity contribution < 1.29 is 19.1 Å². The average Bonchev–Trinajstić information content (AvgIpc) is 2.80. The van der Waals surface area contributed by atoms with E-state index >= 15 is 0 Å². The van der Waals surface area contributed by atoms with Gasteiger partial charge in [-0.2, -0.15) is 0 Å². The van der Waals surface area contributed by atoms with Crippen LogP contribution in [0.3, 0.4) is 0 Å². The fourth-order valence-electron chi connectivity index (χ4n) is 3.10. The van der Waals surface area contributed by atoms with Gasteiger partial charge in [0.05, 0.1) is 5.56 Å². The van der Waals surface area contributed by atoms with Crippen molar-refractivity contribution in [3.8, 4) is 0 Å². The first-order valence-electron chi connectivity index (χ1n) is 9.86. The molecule has 3 rings (SSSR count). The summed E-state index contributed by atoms with van der Waals surface area (Å²) in [5.74, 6) is -2.12. The van der Waals surface area contributed by atoms with E-state index in [1.54, 1.807) is 37.3 Å². The second-order valence-corrected chi connectivity index (χ2v) is 6.94. The molecule has 0 saturated heterocycles. The van der Waals surface area contributed by atoms with Crippen LogP contribution >= 0.6 is 0 Å². The third kappa shape index (κ3) is 4.72. The number of ketones is 2. The monoisotopic (exact) mass is 435 g/mol. The molecule has 0 bridgehead atoms. The van der Waals surface area contributed by atoms with Crippen LogP contribution in [-0.2, 0) is 11.3 Å². The molecular formula is C23H21N3O6. The molecule has 3 aromatic rings. The van der Waals surface area contributed by atoms with E-state index in [4.69, 9.17) is 10.5 Å². The number of carbonyl (C=O) groups is 3. The Balaban J connectivity index is 1.70. The molecule has 164 valence electrons. The van der Waals surface area contributed by atoms with Crippen molar-refractivity contribution in [2.75, 3.05) is 12.3 Å². The normalized spacial score (nSPS) is 10.5. The van der Waals surface area contributed by atoms with E-state index in [9.17, 15) is 24.0 Å². The van der Waals surface area contributed by atoms with Gasteiger partial charge in [0.15, 0.2) is 12.4 Å². The van der Waals surface area contributed by atoms with Crippen LogP contribution in [0.4, 0.5) is 5.82 Å². The summed E-state index contributed by atoms with van der Waals surface area (Å²) in [6.07, 6.45) is 0.557. The molecule has 3 N–H and O–H groups in total. The Hall–Kier alpha value is -4.27. The van der Waals surface area contributed by atoms with Crippen LogP contribution in [0.2, 0.25) is 0 Å². The van der Waals surface area contributed by atoms with Crippen molar-refractivity contribution in [1.29, 1.82) is 0 Å². The number of Topliss-reactive ketones (excluding diaryl/α,β-unsaturated/α-hetero) is 1. The number of nitrogens with zero attached hydrogens (tertiary/aromatic N) is 1. The molecule has 32 heavy (non-hydrogen) atoms. The minimum atomic E-state index is -0.940. The van der Waals surface area contributed by atoms with Gasteiger partial charge in [-0.15, -0.1) is 0 Å². The number of anilines is 1. The first-order valence-corrected chi connectivity index (χ1v) is 9.86. The van der Waals surface area contributed by atoms with Gasteiger partial charge in [0.25, 0.3) is 5.56 Å². The van der Waals surface area contributed by atoms with E-state index < -0.39 is 35.2 Å². The van der Waals surface area contributed by atoms with Gasteiger partial charge in [-0.3, -0.25) is 23.9 Å². The van der Waals surface area contributed by atoms with Crippen molar-refractivity contribution in [3.63, 3.8) is 0 Å².